The van der Waals surface area contributed by atoms with E-state index in [4.69, 9.17) is 11.6 Å². The lowest BCUT2D eigenvalue weighted by Gasteiger charge is -2.33. The van der Waals surface area contributed by atoms with Crippen LogP contribution in [0, 0.1) is 6.92 Å². The molecule has 0 saturated carbocycles. The first-order valence-electron chi connectivity index (χ1n) is 10.1. The van der Waals surface area contributed by atoms with Gasteiger partial charge in [0.05, 0.1) is 17.5 Å². The Kier molecular flexibility index (Phi) is 6.35. The number of hydrogen-bond acceptors (Lipinski definition) is 3. The van der Waals surface area contributed by atoms with E-state index in [0.29, 0.717) is 23.7 Å². The Bertz CT molecular complexity index is 1150. The van der Waals surface area contributed by atoms with E-state index >= 15 is 0 Å². The Morgan fingerprint density at radius 1 is 1.10 bits per heavy atom. The largest absolute Gasteiger partial charge is 0.348 e. The maximum Gasteiger partial charge on any atom is 0.251 e. The molecule has 0 bridgehead atoms. The Balaban J connectivity index is 1.59. The molecule has 0 fully saturated rings. The number of hydrogen-bond donors (Lipinski definition) is 1. The number of nitrogens with zero attached hydrogens (tertiary/aromatic N) is 1. The molecule has 1 unspecified atom stereocenters. The van der Waals surface area contributed by atoms with Gasteiger partial charge in [-0.15, -0.1) is 11.8 Å². The van der Waals surface area contributed by atoms with E-state index in [2.05, 4.69) is 11.4 Å². The fraction of sp³-hybridized carbons (Fsp3) is 0.200. The Morgan fingerprint density at radius 2 is 1.90 bits per heavy atom. The summed E-state index contributed by atoms with van der Waals surface area (Å²) in [5.41, 5.74) is 4.35. The van der Waals surface area contributed by atoms with Gasteiger partial charge in [-0.25, -0.2) is 0 Å². The molecule has 0 spiro atoms. The minimum absolute atomic E-state index is 0.00902. The number of rotatable bonds is 5. The number of aryl methyl sites for hydroxylation is 1. The molecule has 1 aliphatic heterocycles. The molecule has 1 atom stereocenters. The smallest absolute Gasteiger partial charge is 0.251 e. The Hall–Kier alpha value is -2.76. The minimum Gasteiger partial charge on any atom is -0.348 e. The van der Waals surface area contributed by atoms with Crippen LogP contribution in [0.3, 0.4) is 0 Å². The van der Waals surface area contributed by atoms with Gasteiger partial charge in [-0.2, -0.15) is 0 Å². The number of thioether (sulfide) groups is 1. The van der Waals surface area contributed by atoms with Crippen LogP contribution in [0.4, 0.5) is 5.69 Å². The zero-order valence-corrected chi connectivity index (χ0v) is 19.0. The van der Waals surface area contributed by atoms with Crippen molar-refractivity contribution >= 4 is 40.9 Å². The number of benzene rings is 3. The van der Waals surface area contributed by atoms with Crippen LogP contribution in [0.5, 0.6) is 0 Å². The van der Waals surface area contributed by atoms with Crippen LogP contribution in [0.2, 0.25) is 5.02 Å². The predicted octanol–water partition coefficient (Wildman–Crippen LogP) is 5.61. The molecule has 4 nitrogen and oxygen atoms in total. The number of nitrogens with one attached hydrogen (secondary N) is 1. The van der Waals surface area contributed by atoms with Crippen molar-refractivity contribution in [3.05, 3.63) is 94.0 Å². The highest BCUT2D eigenvalue weighted by molar-refractivity contribution is 8.01. The van der Waals surface area contributed by atoms with Gasteiger partial charge in [0, 0.05) is 22.0 Å². The maximum atomic E-state index is 13.0. The van der Waals surface area contributed by atoms with Crippen LogP contribution in [-0.4, -0.2) is 17.1 Å². The normalized spacial score (nSPS) is 15.5. The Morgan fingerprint density at radius 3 is 2.68 bits per heavy atom. The van der Waals surface area contributed by atoms with Crippen molar-refractivity contribution in [2.24, 2.45) is 0 Å². The highest BCUT2D eigenvalue weighted by Gasteiger charge is 2.31. The SMILES string of the molecule is Cc1cccc(CNC(=O)c2ccc3c(c2)N(Cc2ccccc2Cl)C(=O)C(C)S3)c1. The summed E-state index contributed by atoms with van der Waals surface area (Å²) in [7, 11) is 0. The van der Waals surface area contributed by atoms with Crippen LogP contribution < -0.4 is 10.2 Å². The van der Waals surface area contributed by atoms with Crippen molar-refractivity contribution in [3.63, 3.8) is 0 Å². The van der Waals surface area contributed by atoms with Gasteiger partial charge in [0.25, 0.3) is 5.91 Å². The third-order valence-electron chi connectivity index (χ3n) is 5.25. The van der Waals surface area contributed by atoms with E-state index in [-0.39, 0.29) is 17.1 Å². The number of carbonyl (C=O) groups is 2. The molecule has 3 aromatic rings. The number of anilines is 1. The summed E-state index contributed by atoms with van der Waals surface area (Å²) in [6, 6.07) is 21.1. The quantitative estimate of drug-likeness (QED) is 0.550. The molecule has 1 N–H and O–H groups in total. The first-order valence-corrected chi connectivity index (χ1v) is 11.4. The fourth-order valence-corrected chi connectivity index (χ4v) is 4.86. The van der Waals surface area contributed by atoms with Crippen molar-refractivity contribution in [2.75, 3.05) is 4.90 Å². The van der Waals surface area contributed by atoms with Crippen LogP contribution in [0.25, 0.3) is 0 Å². The van der Waals surface area contributed by atoms with E-state index in [0.717, 1.165) is 27.3 Å². The van der Waals surface area contributed by atoms with E-state index in [1.165, 1.54) is 11.8 Å². The third-order valence-corrected chi connectivity index (χ3v) is 6.77. The average Bonchev–Trinajstić information content (AvgIpc) is 2.76. The lowest BCUT2D eigenvalue weighted by molar-refractivity contribution is -0.118. The third kappa shape index (κ3) is 4.78. The first-order chi connectivity index (χ1) is 14.9. The summed E-state index contributed by atoms with van der Waals surface area (Å²) in [5.74, 6) is -0.159. The molecule has 0 aliphatic carbocycles. The van der Waals surface area contributed by atoms with E-state index in [1.54, 1.807) is 11.0 Å². The van der Waals surface area contributed by atoms with Gasteiger partial charge in [-0.1, -0.05) is 59.6 Å². The zero-order valence-electron chi connectivity index (χ0n) is 17.4. The maximum absolute atomic E-state index is 13.0. The molecule has 6 heteroatoms. The molecule has 4 rings (SSSR count). The van der Waals surface area contributed by atoms with Gasteiger partial charge in [-0.3, -0.25) is 9.59 Å². The summed E-state index contributed by atoms with van der Waals surface area (Å²) in [4.78, 5) is 28.5. The van der Waals surface area contributed by atoms with Gasteiger partial charge in [0.1, 0.15) is 0 Å². The van der Waals surface area contributed by atoms with Crippen LogP contribution in [0.15, 0.2) is 71.6 Å². The number of fused-ring (bicyclic) bond motifs is 1. The molecule has 0 aromatic heterocycles. The van der Waals surface area contributed by atoms with E-state index in [1.807, 2.05) is 68.4 Å². The molecule has 0 radical (unpaired) electrons. The molecule has 158 valence electrons. The summed E-state index contributed by atoms with van der Waals surface area (Å²) in [6.07, 6.45) is 0. The second kappa shape index (κ2) is 9.16. The fourth-order valence-electron chi connectivity index (χ4n) is 3.61. The second-order valence-corrected chi connectivity index (χ2v) is 9.42. The van der Waals surface area contributed by atoms with Crippen LogP contribution in [0.1, 0.15) is 34.0 Å². The summed E-state index contributed by atoms with van der Waals surface area (Å²) < 4.78 is 0. The number of halogens is 1. The van der Waals surface area contributed by atoms with Crippen molar-refractivity contribution in [3.8, 4) is 0 Å². The molecule has 2 amide bonds. The molecule has 1 heterocycles. The average molecular weight is 451 g/mol. The number of carbonyl (C=O) groups excluding carboxylic acids is 2. The molecular weight excluding hydrogens is 428 g/mol. The second-order valence-electron chi connectivity index (χ2n) is 7.63. The van der Waals surface area contributed by atoms with Crippen molar-refractivity contribution in [1.82, 2.24) is 5.32 Å². The summed E-state index contributed by atoms with van der Waals surface area (Å²) >= 11 is 7.85. The lowest BCUT2D eigenvalue weighted by Crippen LogP contribution is -2.39. The zero-order chi connectivity index (χ0) is 22.0. The van der Waals surface area contributed by atoms with Crippen LogP contribution >= 0.6 is 23.4 Å². The predicted molar refractivity (Wildman–Crippen MR) is 127 cm³/mol. The summed E-state index contributed by atoms with van der Waals surface area (Å²) in [6.45, 7) is 4.74. The van der Waals surface area contributed by atoms with Gasteiger partial charge >= 0.3 is 0 Å². The highest BCUT2D eigenvalue weighted by atomic mass is 35.5. The van der Waals surface area contributed by atoms with E-state index < -0.39 is 0 Å². The van der Waals surface area contributed by atoms with Gasteiger partial charge in [0.2, 0.25) is 5.91 Å². The van der Waals surface area contributed by atoms with Gasteiger partial charge in [-0.05, 0) is 49.2 Å². The minimum atomic E-state index is -0.198. The topological polar surface area (TPSA) is 49.4 Å². The standard InChI is InChI=1S/C25H23ClN2O2S/c1-16-6-5-7-18(12-16)14-27-24(29)19-10-11-23-22(13-19)28(25(30)17(2)31-23)15-20-8-3-4-9-21(20)26/h3-13,17H,14-15H2,1-2H3,(H,27,29). The lowest BCUT2D eigenvalue weighted by atomic mass is 10.1. The molecule has 3 aromatic carbocycles. The highest BCUT2D eigenvalue weighted by Crippen LogP contribution is 2.40. The first kappa shape index (κ1) is 21.5. The van der Waals surface area contributed by atoms with Crippen molar-refractivity contribution < 1.29 is 9.59 Å². The van der Waals surface area contributed by atoms with Gasteiger partial charge in [0.15, 0.2) is 0 Å². The van der Waals surface area contributed by atoms with E-state index in [9.17, 15) is 9.59 Å². The Labute approximate surface area is 191 Å². The molecule has 31 heavy (non-hydrogen) atoms. The molecular formula is C25H23ClN2O2S. The van der Waals surface area contributed by atoms with Crippen molar-refractivity contribution in [1.29, 1.82) is 0 Å². The molecule has 0 saturated heterocycles. The van der Waals surface area contributed by atoms with Crippen LogP contribution in [-0.2, 0) is 17.9 Å². The summed E-state index contributed by atoms with van der Waals surface area (Å²) in [5, 5.41) is 3.39. The monoisotopic (exact) mass is 450 g/mol. The molecule has 1 aliphatic rings. The number of amides is 2. The van der Waals surface area contributed by atoms with Crippen molar-refractivity contribution in [2.45, 2.75) is 37.1 Å². The van der Waals surface area contributed by atoms with Gasteiger partial charge < -0.3 is 10.2 Å².